The summed E-state index contributed by atoms with van der Waals surface area (Å²) in [5, 5.41) is 2.80. The molecular formula is C12H17ClN2O2. The van der Waals surface area contributed by atoms with E-state index in [9.17, 15) is 9.59 Å². The number of alkyl halides is 1. The molecule has 0 aliphatic heterocycles. The third-order valence-electron chi connectivity index (χ3n) is 2.59. The molecule has 0 spiro atoms. The first-order valence-corrected chi connectivity index (χ1v) is 6.18. The van der Waals surface area contributed by atoms with Crippen molar-refractivity contribution in [2.24, 2.45) is 0 Å². The van der Waals surface area contributed by atoms with Gasteiger partial charge in [0.1, 0.15) is 5.56 Å². The van der Waals surface area contributed by atoms with Crippen molar-refractivity contribution < 1.29 is 4.79 Å². The Labute approximate surface area is 105 Å². The Morgan fingerprint density at radius 3 is 2.82 bits per heavy atom. The van der Waals surface area contributed by atoms with Crippen molar-refractivity contribution in [1.82, 2.24) is 10.3 Å². The molecule has 1 rings (SSSR count). The summed E-state index contributed by atoms with van der Waals surface area (Å²) in [6.45, 7) is 3.74. The molecule has 0 aliphatic carbocycles. The van der Waals surface area contributed by atoms with Crippen molar-refractivity contribution >= 4 is 17.5 Å². The van der Waals surface area contributed by atoms with Crippen LogP contribution in [0.1, 0.15) is 35.8 Å². The average molecular weight is 257 g/mol. The van der Waals surface area contributed by atoms with E-state index in [2.05, 4.69) is 10.3 Å². The summed E-state index contributed by atoms with van der Waals surface area (Å²) < 4.78 is 0. The number of hydrogen-bond acceptors (Lipinski definition) is 2. The fourth-order valence-electron chi connectivity index (χ4n) is 1.52. The molecule has 5 heteroatoms. The van der Waals surface area contributed by atoms with Crippen molar-refractivity contribution in [3.63, 3.8) is 0 Å². The second-order valence-electron chi connectivity index (χ2n) is 3.95. The summed E-state index contributed by atoms with van der Waals surface area (Å²) in [6, 6.07) is 1.43. The van der Waals surface area contributed by atoms with Gasteiger partial charge in [-0.1, -0.05) is 6.92 Å². The highest BCUT2D eigenvalue weighted by molar-refractivity contribution is 6.17. The van der Waals surface area contributed by atoms with Gasteiger partial charge in [-0.3, -0.25) is 9.59 Å². The maximum Gasteiger partial charge on any atom is 0.256 e. The van der Waals surface area contributed by atoms with Gasteiger partial charge in [0.2, 0.25) is 0 Å². The molecule has 0 aromatic carbocycles. The maximum atomic E-state index is 11.8. The Bertz CT molecular complexity index is 442. The normalized spacial score (nSPS) is 12.2. The summed E-state index contributed by atoms with van der Waals surface area (Å²) in [4.78, 5) is 26.3. The minimum atomic E-state index is -0.344. The van der Waals surface area contributed by atoms with Crippen LogP contribution < -0.4 is 10.7 Å². The number of H-pyrrole nitrogens is 1. The molecule has 94 valence electrons. The largest absolute Gasteiger partial charge is 0.364 e. The maximum absolute atomic E-state index is 11.8. The highest BCUT2D eigenvalue weighted by Crippen LogP contribution is 2.01. The summed E-state index contributed by atoms with van der Waals surface area (Å²) >= 11 is 5.64. The number of aryl methyl sites for hydroxylation is 1. The van der Waals surface area contributed by atoms with Crippen molar-refractivity contribution in [3.8, 4) is 0 Å². The second-order valence-corrected chi connectivity index (χ2v) is 4.33. The van der Waals surface area contributed by atoms with E-state index in [-0.39, 0.29) is 22.9 Å². The van der Waals surface area contributed by atoms with Gasteiger partial charge in [-0.25, -0.2) is 0 Å². The molecule has 1 amide bonds. The molecule has 17 heavy (non-hydrogen) atoms. The van der Waals surface area contributed by atoms with E-state index in [0.29, 0.717) is 12.3 Å². The third kappa shape index (κ3) is 3.89. The smallest absolute Gasteiger partial charge is 0.256 e. The van der Waals surface area contributed by atoms with Gasteiger partial charge in [0, 0.05) is 29.9 Å². The molecule has 1 aromatic rings. The van der Waals surface area contributed by atoms with Crippen LogP contribution in [0.25, 0.3) is 0 Å². The summed E-state index contributed by atoms with van der Waals surface area (Å²) in [5.41, 5.74) is 0.613. The molecule has 0 saturated heterocycles. The predicted octanol–water partition coefficient (Wildman–Crippen LogP) is 1.82. The van der Waals surface area contributed by atoms with Crippen LogP contribution in [0.2, 0.25) is 0 Å². The molecular weight excluding hydrogens is 240 g/mol. The van der Waals surface area contributed by atoms with E-state index in [4.69, 9.17) is 11.6 Å². The fraction of sp³-hybridized carbons (Fsp3) is 0.500. The van der Waals surface area contributed by atoms with Crippen molar-refractivity contribution in [2.75, 3.05) is 5.88 Å². The van der Waals surface area contributed by atoms with Crippen LogP contribution in [-0.2, 0) is 0 Å². The van der Waals surface area contributed by atoms with Gasteiger partial charge in [0.15, 0.2) is 5.43 Å². The first kappa shape index (κ1) is 13.8. The lowest BCUT2D eigenvalue weighted by atomic mass is 10.1. The Kier molecular flexibility index (Phi) is 5.22. The lowest BCUT2D eigenvalue weighted by molar-refractivity contribution is 0.0933. The zero-order chi connectivity index (χ0) is 12.8. The Morgan fingerprint density at radius 2 is 2.29 bits per heavy atom. The van der Waals surface area contributed by atoms with Crippen LogP contribution in [0.15, 0.2) is 17.1 Å². The molecule has 0 fully saturated rings. The predicted molar refractivity (Wildman–Crippen MR) is 68.7 cm³/mol. The number of rotatable bonds is 5. The quantitative estimate of drug-likeness (QED) is 0.790. The third-order valence-corrected chi connectivity index (χ3v) is 2.81. The number of hydrogen-bond donors (Lipinski definition) is 2. The average Bonchev–Trinajstić information content (AvgIpc) is 2.28. The highest BCUT2D eigenvalue weighted by Gasteiger charge is 2.14. The van der Waals surface area contributed by atoms with Gasteiger partial charge in [0.25, 0.3) is 5.91 Å². The zero-order valence-electron chi connectivity index (χ0n) is 10.0. The molecule has 1 heterocycles. The van der Waals surface area contributed by atoms with E-state index in [1.54, 1.807) is 6.92 Å². The SMILES string of the molecule is CCC(CCCl)NC(=O)c1c[nH]c(C)cc1=O. The molecule has 0 saturated carbocycles. The van der Waals surface area contributed by atoms with E-state index < -0.39 is 0 Å². The van der Waals surface area contributed by atoms with Gasteiger partial charge >= 0.3 is 0 Å². The standard InChI is InChI=1S/C12H17ClN2O2/c1-3-9(4-5-13)15-12(17)10-7-14-8(2)6-11(10)16/h6-7,9H,3-5H2,1-2H3,(H,14,16)(H,15,17). The van der Waals surface area contributed by atoms with E-state index in [0.717, 1.165) is 12.1 Å². The van der Waals surface area contributed by atoms with Gasteiger partial charge in [0.05, 0.1) is 0 Å². The Morgan fingerprint density at radius 1 is 1.59 bits per heavy atom. The number of carbonyl (C=O) groups excluding carboxylic acids is 1. The van der Waals surface area contributed by atoms with Crippen LogP contribution >= 0.6 is 11.6 Å². The Hall–Kier alpha value is -1.29. The molecule has 0 bridgehead atoms. The van der Waals surface area contributed by atoms with Crippen molar-refractivity contribution in [1.29, 1.82) is 0 Å². The van der Waals surface area contributed by atoms with Crippen molar-refractivity contribution in [2.45, 2.75) is 32.7 Å². The minimum absolute atomic E-state index is 0.0145. The molecule has 1 unspecified atom stereocenters. The van der Waals surface area contributed by atoms with Gasteiger partial charge < -0.3 is 10.3 Å². The lowest BCUT2D eigenvalue weighted by Crippen LogP contribution is -2.37. The molecule has 0 aliphatic rings. The van der Waals surface area contributed by atoms with E-state index in [1.165, 1.54) is 12.3 Å². The summed E-state index contributed by atoms with van der Waals surface area (Å²) in [7, 11) is 0. The molecule has 4 nitrogen and oxygen atoms in total. The monoisotopic (exact) mass is 256 g/mol. The van der Waals surface area contributed by atoms with Crippen LogP contribution in [0, 0.1) is 6.92 Å². The first-order chi connectivity index (χ1) is 8.08. The number of carbonyl (C=O) groups is 1. The Balaban J connectivity index is 2.79. The van der Waals surface area contributed by atoms with Crippen LogP contribution in [0.5, 0.6) is 0 Å². The summed E-state index contributed by atoms with van der Waals surface area (Å²) in [5.74, 6) is 0.145. The van der Waals surface area contributed by atoms with Crippen LogP contribution in [0.4, 0.5) is 0 Å². The van der Waals surface area contributed by atoms with E-state index >= 15 is 0 Å². The topological polar surface area (TPSA) is 62.0 Å². The molecule has 2 N–H and O–H groups in total. The number of aromatic amines is 1. The van der Waals surface area contributed by atoms with Crippen molar-refractivity contribution in [3.05, 3.63) is 33.7 Å². The summed E-state index contributed by atoms with van der Waals surface area (Å²) in [6.07, 6.45) is 2.94. The minimum Gasteiger partial charge on any atom is -0.364 e. The van der Waals surface area contributed by atoms with Gasteiger partial charge in [-0.15, -0.1) is 11.6 Å². The zero-order valence-corrected chi connectivity index (χ0v) is 10.8. The fourth-order valence-corrected chi connectivity index (χ4v) is 1.79. The number of halogens is 1. The van der Waals surface area contributed by atoms with Gasteiger partial charge in [-0.2, -0.15) is 0 Å². The molecule has 1 atom stereocenters. The number of pyridine rings is 1. The highest BCUT2D eigenvalue weighted by atomic mass is 35.5. The molecule has 1 aromatic heterocycles. The number of nitrogens with one attached hydrogen (secondary N) is 2. The first-order valence-electron chi connectivity index (χ1n) is 5.64. The number of aromatic nitrogens is 1. The lowest BCUT2D eigenvalue weighted by Gasteiger charge is -2.15. The van der Waals surface area contributed by atoms with Crippen LogP contribution in [-0.4, -0.2) is 22.8 Å². The van der Waals surface area contributed by atoms with Gasteiger partial charge in [-0.05, 0) is 19.8 Å². The molecule has 0 radical (unpaired) electrons. The second kappa shape index (κ2) is 6.45. The number of amides is 1. The van der Waals surface area contributed by atoms with Crippen LogP contribution in [0.3, 0.4) is 0 Å². The van der Waals surface area contributed by atoms with E-state index in [1.807, 2.05) is 6.92 Å².